The summed E-state index contributed by atoms with van der Waals surface area (Å²) < 4.78 is 27.8. The van der Waals surface area contributed by atoms with E-state index in [0.29, 0.717) is 49.1 Å². The molecule has 12 heteroatoms. The Kier molecular flexibility index (Phi) is 10.1. The quantitative estimate of drug-likeness (QED) is 0.176. The molecule has 0 aliphatic heterocycles. The zero-order valence-electron chi connectivity index (χ0n) is 21.5. The second-order valence-electron chi connectivity index (χ2n) is 8.63. The molecule has 4 aromatic rings. The maximum Gasteiger partial charge on any atom is 0.282 e. The van der Waals surface area contributed by atoms with Crippen LogP contribution < -0.4 is 20.3 Å². The van der Waals surface area contributed by atoms with Crippen molar-refractivity contribution < 1.29 is 18.7 Å². The van der Waals surface area contributed by atoms with Gasteiger partial charge in [0.15, 0.2) is 18.1 Å². The Morgan fingerprint density at radius 1 is 1.15 bits per heavy atom. The number of ether oxygens (including phenoxy) is 2. The predicted molar refractivity (Wildman–Crippen MR) is 164 cm³/mol. The predicted octanol–water partition coefficient (Wildman–Crippen LogP) is 7.07. The van der Waals surface area contributed by atoms with Gasteiger partial charge in [0.1, 0.15) is 11.6 Å². The summed E-state index contributed by atoms with van der Waals surface area (Å²) in [5.41, 5.74) is 1.23. The highest BCUT2D eigenvalue weighted by molar-refractivity contribution is 9.13. The number of nitrogens with zero attached hydrogens (tertiary/aromatic N) is 3. The largest absolute Gasteiger partial charge is 0.493 e. The number of fused-ring (bicyclic) bond motifs is 1. The molecule has 1 heterocycles. The van der Waals surface area contributed by atoms with Crippen molar-refractivity contribution in [1.29, 1.82) is 0 Å². The van der Waals surface area contributed by atoms with Crippen LogP contribution in [0.15, 0.2) is 71.8 Å². The Morgan fingerprint density at radius 3 is 2.67 bits per heavy atom. The summed E-state index contributed by atoms with van der Waals surface area (Å²) in [4.78, 5) is 30.5. The second kappa shape index (κ2) is 13.5. The Bertz CT molecular complexity index is 1660. The van der Waals surface area contributed by atoms with E-state index >= 15 is 0 Å². The molecule has 0 aliphatic carbocycles. The number of halogens is 4. The molecule has 0 saturated carbocycles. The van der Waals surface area contributed by atoms with Crippen molar-refractivity contribution in [2.45, 2.75) is 26.2 Å². The summed E-state index contributed by atoms with van der Waals surface area (Å²) in [6, 6.07) is 12.6. The van der Waals surface area contributed by atoms with E-state index in [-0.39, 0.29) is 17.9 Å². The van der Waals surface area contributed by atoms with Crippen LogP contribution in [0.2, 0.25) is 0 Å². The third kappa shape index (κ3) is 6.97. The number of amides is 1. The van der Waals surface area contributed by atoms with Crippen LogP contribution in [0.4, 0.5) is 10.1 Å². The number of carbonyl (C=O) groups is 1. The van der Waals surface area contributed by atoms with E-state index in [1.807, 2.05) is 6.07 Å². The maximum absolute atomic E-state index is 13.4. The molecule has 0 aliphatic rings. The zero-order chi connectivity index (χ0) is 28.8. The first kappa shape index (κ1) is 29.9. The van der Waals surface area contributed by atoms with E-state index in [9.17, 15) is 14.0 Å². The Morgan fingerprint density at radius 2 is 1.95 bits per heavy atom. The lowest BCUT2D eigenvalue weighted by atomic mass is 10.2. The Labute approximate surface area is 255 Å². The minimum absolute atomic E-state index is 0.277. The Hall–Kier alpha value is -3.09. The topological polar surface area (TPSA) is 94.8 Å². The van der Waals surface area contributed by atoms with Gasteiger partial charge >= 0.3 is 0 Å². The van der Waals surface area contributed by atoms with Crippen LogP contribution in [0.1, 0.15) is 31.2 Å². The lowest BCUT2D eigenvalue weighted by Gasteiger charge is -2.15. The number of carbonyl (C=O) groups excluding carboxylic acids is 1. The number of aromatic nitrogens is 2. The molecular weight excluding hydrogens is 715 g/mol. The molecule has 1 aromatic heterocycles. The summed E-state index contributed by atoms with van der Waals surface area (Å²) in [6.45, 7) is 1.72. The fraction of sp³-hybridized carbons (Fsp3) is 0.214. The number of anilines is 1. The number of methoxy groups -OCH3 is 1. The Balaban J connectivity index is 1.63. The van der Waals surface area contributed by atoms with Gasteiger partial charge in [-0.05, 0) is 80.7 Å². The minimum Gasteiger partial charge on any atom is -0.493 e. The average molecular weight is 739 g/mol. The van der Waals surface area contributed by atoms with E-state index in [2.05, 4.69) is 65.1 Å². The van der Waals surface area contributed by atoms with Crippen molar-refractivity contribution in [1.82, 2.24) is 9.66 Å². The number of rotatable bonds is 10. The van der Waals surface area contributed by atoms with Crippen LogP contribution in [0.3, 0.4) is 0 Å². The fourth-order valence-corrected chi connectivity index (χ4v) is 5.11. The lowest BCUT2D eigenvalue weighted by Crippen LogP contribution is -2.22. The molecule has 8 nitrogen and oxygen atoms in total. The molecule has 0 bridgehead atoms. The van der Waals surface area contributed by atoms with Crippen LogP contribution in [0.25, 0.3) is 10.9 Å². The molecule has 0 radical (unpaired) electrons. The van der Waals surface area contributed by atoms with E-state index in [1.165, 1.54) is 36.2 Å². The molecule has 0 fully saturated rings. The highest BCUT2D eigenvalue weighted by Gasteiger charge is 2.18. The van der Waals surface area contributed by atoms with Crippen molar-refractivity contribution >= 4 is 76.5 Å². The summed E-state index contributed by atoms with van der Waals surface area (Å²) in [6.07, 6.45) is 3.91. The monoisotopic (exact) mass is 736 g/mol. The van der Waals surface area contributed by atoms with Crippen LogP contribution >= 0.6 is 47.8 Å². The molecule has 1 amide bonds. The molecule has 0 atom stereocenters. The van der Waals surface area contributed by atoms with Crippen LogP contribution in [0.5, 0.6) is 11.5 Å². The van der Waals surface area contributed by atoms with Gasteiger partial charge in [-0.1, -0.05) is 35.3 Å². The number of unbranched alkanes of at least 4 members (excludes halogenated alkanes) is 1. The maximum atomic E-state index is 13.4. The molecule has 3 aromatic carbocycles. The van der Waals surface area contributed by atoms with E-state index in [1.54, 1.807) is 24.3 Å². The number of nitrogens with one attached hydrogen (secondary N) is 1. The second-order valence-corrected chi connectivity index (χ2v) is 11.1. The van der Waals surface area contributed by atoms with Crippen molar-refractivity contribution in [3.05, 3.63) is 89.5 Å². The number of aryl methyl sites for hydroxylation is 1. The van der Waals surface area contributed by atoms with Gasteiger partial charge in [0, 0.05) is 26.6 Å². The van der Waals surface area contributed by atoms with Crippen molar-refractivity contribution in [2.75, 3.05) is 19.0 Å². The molecule has 0 spiro atoms. The van der Waals surface area contributed by atoms with Crippen molar-refractivity contribution in [2.24, 2.45) is 5.10 Å². The van der Waals surface area contributed by atoms with Gasteiger partial charge < -0.3 is 14.8 Å². The van der Waals surface area contributed by atoms with Crippen LogP contribution in [0, 0.1) is 5.82 Å². The number of benzene rings is 3. The van der Waals surface area contributed by atoms with Crippen molar-refractivity contribution in [3.63, 3.8) is 0 Å². The average Bonchev–Trinajstić information content (AvgIpc) is 2.93. The van der Waals surface area contributed by atoms with Gasteiger partial charge in [-0.3, -0.25) is 9.59 Å². The third-order valence-corrected chi connectivity index (χ3v) is 8.41. The van der Waals surface area contributed by atoms with Crippen molar-refractivity contribution in [3.8, 4) is 11.5 Å². The van der Waals surface area contributed by atoms with Gasteiger partial charge in [0.2, 0.25) is 0 Å². The SMILES string of the molecule is CCCCc1nc2ccc(Br)cc2c(=O)n1N=Cc1cc(OC)c(OCC(=O)Nc2cccc(F)c2)c(Br)c1Br. The normalized spacial score (nSPS) is 11.2. The standard InChI is InChI=1S/C28H24Br3FN4O4/c1-3-4-8-23-35-21-10-9-17(29)12-20(21)28(38)36(23)33-14-16-11-22(39-2)27(26(31)25(16)30)40-15-24(37)34-19-7-5-6-18(32)13-19/h5-7,9-14H,3-4,8,15H2,1-2H3,(H,34,37). The highest BCUT2D eigenvalue weighted by atomic mass is 79.9. The van der Waals surface area contributed by atoms with E-state index in [0.717, 1.165) is 17.3 Å². The summed E-state index contributed by atoms with van der Waals surface area (Å²) >= 11 is 10.5. The number of hydrogen-bond acceptors (Lipinski definition) is 6. The third-order valence-electron chi connectivity index (χ3n) is 5.77. The molecule has 1 N–H and O–H groups in total. The smallest absolute Gasteiger partial charge is 0.282 e. The zero-order valence-corrected chi connectivity index (χ0v) is 26.3. The molecule has 208 valence electrons. The molecule has 4 rings (SSSR count). The first-order chi connectivity index (χ1) is 19.2. The summed E-state index contributed by atoms with van der Waals surface area (Å²) in [7, 11) is 1.47. The van der Waals surface area contributed by atoms with Gasteiger partial charge in [-0.2, -0.15) is 9.78 Å². The first-order valence-corrected chi connectivity index (χ1v) is 14.6. The van der Waals surface area contributed by atoms with E-state index in [4.69, 9.17) is 14.5 Å². The van der Waals surface area contributed by atoms with Crippen LogP contribution in [-0.2, 0) is 11.2 Å². The molecule has 0 saturated heterocycles. The van der Waals surface area contributed by atoms with Gasteiger partial charge in [0.25, 0.3) is 11.5 Å². The highest BCUT2D eigenvalue weighted by Crippen LogP contribution is 2.42. The van der Waals surface area contributed by atoms with Crippen LogP contribution in [-0.4, -0.2) is 35.5 Å². The minimum atomic E-state index is -0.476. The summed E-state index contributed by atoms with van der Waals surface area (Å²) in [5.74, 6) is 0.227. The lowest BCUT2D eigenvalue weighted by molar-refractivity contribution is -0.118. The molecular formula is C28H24Br3FN4O4. The van der Waals surface area contributed by atoms with Gasteiger partial charge in [-0.15, -0.1) is 0 Å². The van der Waals surface area contributed by atoms with Gasteiger partial charge in [-0.25, -0.2) is 9.37 Å². The van der Waals surface area contributed by atoms with Gasteiger partial charge in [0.05, 0.1) is 28.7 Å². The summed E-state index contributed by atoms with van der Waals surface area (Å²) in [5, 5.41) is 7.53. The molecule has 40 heavy (non-hydrogen) atoms. The molecule has 0 unspecified atom stereocenters. The van der Waals surface area contributed by atoms with E-state index < -0.39 is 11.7 Å². The number of hydrogen-bond donors (Lipinski definition) is 1. The first-order valence-electron chi connectivity index (χ1n) is 12.2. The fourth-order valence-electron chi connectivity index (χ4n) is 3.82.